The van der Waals surface area contributed by atoms with Crippen LogP contribution in [-0.4, -0.2) is 21.9 Å². The third-order valence-electron chi connectivity index (χ3n) is 3.20. The second kappa shape index (κ2) is 6.83. The molecule has 110 valence electrons. The second-order valence-electron chi connectivity index (χ2n) is 4.70. The lowest BCUT2D eigenvalue weighted by atomic mass is 10.2. The van der Waals surface area contributed by atoms with Gasteiger partial charge in [-0.3, -0.25) is 9.59 Å². The normalized spacial score (nSPS) is 10.4. The first-order chi connectivity index (χ1) is 10.1. The summed E-state index contributed by atoms with van der Waals surface area (Å²) in [6.07, 6.45) is 1.58. The molecule has 1 heterocycles. The number of rotatable bonds is 5. The minimum Gasteiger partial charge on any atom is -0.337 e. The van der Waals surface area contributed by atoms with Crippen molar-refractivity contribution in [2.24, 2.45) is 0 Å². The number of halogens is 1. The van der Waals surface area contributed by atoms with Gasteiger partial charge < -0.3 is 9.47 Å². The van der Waals surface area contributed by atoms with E-state index >= 15 is 0 Å². The fraction of sp³-hybridized carbons (Fsp3) is 0.250. The lowest BCUT2D eigenvalue weighted by Crippen LogP contribution is -2.35. The highest BCUT2D eigenvalue weighted by Gasteiger charge is 2.13. The SMILES string of the molecule is CCN(Cc1cccc(F)c1)C(=O)Cn1ccccc1=O. The number of likely N-dealkylation sites (N-methyl/N-ethyl adjacent to an activating group) is 1. The molecule has 0 spiro atoms. The van der Waals surface area contributed by atoms with Gasteiger partial charge in [-0.15, -0.1) is 0 Å². The van der Waals surface area contributed by atoms with Crippen LogP contribution in [0.3, 0.4) is 0 Å². The zero-order valence-electron chi connectivity index (χ0n) is 11.8. The molecule has 0 atom stereocenters. The zero-order valence-corrected chi connectivity index (χ0v) is 11.8. The first kappa shape index (κ1) is 15.0. The third kappa shape index (κ3) is 4.02. The van der Waals surface area contributed by atoms with Crippen LogP contribution in [0.25, 0.3) is 0 Å². The van der Waals surface area contributed by atoms with Crippen molar-refractivity contribution in [2.75, 3.05) is 6.54 Å². The summed E-state index contributed by atoms with van der Waals surface area (Å²) in [6, 6.07) is 10.9. The van der Waals surface area contributed by atoms with Gasteiger partial charge in [0.05, 0.1) is 0 Å². The molecular formula is C16H17FN2O2. The van der Waals surface area contributed by atoms with Crippen LogP contribution in [0, 0.1) is 5.82 Å². The number of pyridine rings is 1. The lowest BCUT2D eigenvalue weighted by Gasteiger charge is -2.21. The van der Waals surface area contributed by atoms with Crippen molar-refractivity contribution < 1.29 is 9.18 Å². The maximum Gasteiger partial charge on any atom is 0.250 e. The summed E-state index contributed by atoms with van der Waals surface area (Å²) in [4.78, 5) is 25.5. The number of benzene rings is 1. The average Bonchev–Trinajstić information content (AvgIpc) is 2.47. The van der Waals surface area contributed by atoms with E-state index < -0.39 is 0 Å². The number of aromatic nitrogens is 1. The summed E-state index contributed by atoms with van der Waals surface area (Å²) in [5.41, 5.74) is 0.512. The first-order valence-electron chi connectivity index (χ1n) is 6.78. The minimum atomic E-state index is -0.324. The molecule has 2 rings (SSSR count). The van der Waals surface area contributed by atoms with Crippen LogP contribution in [0.15, 0.2) is 53.5 Å². The fourth-order valence-electron chi connectivity index (χ4n) is 2.07. The summed E-state index contributed by atoms with van der Waals surface area (Å²) in [5, 5.41) is 0. The Bertz CT molecular complexity index is 682. The monoisotopic (exact) mass is 288 g/mol. The van der Waals surface area contributed by atoms with Crippen LogP contribution in [0.2, 0.25) is 0 Å². The molecule has 0 N–H and O–H groups in total. The Morgan fingerprint density at radius 2 is 2.05 bits per heavy atom. The number of carbonyl (C=O) groups is 1. The Labute approximate surface area is 122 Å². The summed E-state index contributed by atoms with van der Waals surface area (Å²) in [7, 11) is 0. The van der Waals surface area contributed by atoms with Crippen LogP contribution in [-0.2, 0) is 17.9 Å². The Balaban J connectivity index is 2.09. The van der Waals surface area contributed by atoms with Crippen LogP contribution >= 0.6 is 0 Å². The summed E-state index contributed by atoms with van der Waals surface area (Å²) >= 11 is 0. The number of hydrogen-bond donors (Lipinski definition) is 0. The van der Waals surface area contributed by atoms with E-state index in [4.69, 9.17) is 0 Å². The predicted molar refractivity (Wildman–Crippen MR) is 78.2 cm³/mol. The fourth-order valence-corrected chi connectivity index (χ4v) is 2.07. The molecule has 0 saturated carbocycles. The van der Waals surface area contributed by atoms with Crippen molar-refractivity contribution in [2.45, 2.75) is 20.0 Å². The molecule has 5 heteroatoms. The van der Waals surface area contributed by atoms with Crippen molar-refractivity contribution in [3.8, 4) is 0 Å². The maximum absolute atomic E-state index is 13.2. The van der Waals surface area contributed by atoms with Gasteiger partial charge in [0.25, 0.3) is 5.56 Å². The molecule has 1 aromatic carbocycles. The Kier molecular flexibility index (Phi) is 4.87. The molecule has 21 heavy (non-hydrogen) atoms. The van der Waals surface area contributed by atoms with Crippen molar-refractivity contribution >= 4 is 5.91 Å². The van der Waals surface area contributed by atoms with Crippen LogP contribution in [0.4, 0.5) is 4.39 Å². The molecule has 0 fully saturated rings. The van der Waals surface area contributed by atoms with Gasteiger partial charge in [0, 0.05) is 25.4 Å². The number of amides is 1. The predicted octanol–water partition coefficient (Wildman–Crippen LogP) is 2.04. The molecule has 1 aromatic heterocycles. The number of hydrogen-bond acceptors (Lipinski definition) is 2. The maximum atomic E-state index is 13.2. The van der Waals surface area contributed by atoms with Crippen LogP contribution in [0.5, 0.6) is 0 Å². The highest BCUT2D eigenvalue weighted by Crippen LogP contribution is 2.08. The summed E-state index contributed by atoms with van der Waals surface area (Å²) in [6.45, 7) is 2.67. The van der Waals surface area contributed by atoms with Gasteiger partial charge in [0.2, 0.25) is 5.91 Å². The van der Waals surface area contributed by atoms with E-state index in [0.717, 1.165) is 5.56 Å². The van der Waals surface area contributed by atoms with E-state index in [1.807, 2.05) is 6.92 Å². The minimum absolute atomic E-state index is 0.0111. The van der Waals surface area contributed by atoms with E-state index in [9.17, 15) is 14.0 Å². The van der Waals surface area contributed by atoms with Gasteiger partial charge in [-0.1, -0.05) is 18.2 Å². The Morgan fingerprint density at radius 3 is 2.71 bits per heavy atom. The third-order valence-corrected chi connectivity index (χ3v) is 3.20. The number of carbonyl (C=O) groups excluding carboxylic acids is 1. The van der Waals surface area contributed by atoms with Crippen molar-refractivity contribution in [1.29, 1.82) is 0 Å². The van der Waals surface area contributed by atoms with Gasteiger partial charge in [-0.25, -0.2) is 4.39 Å². The molecule has 1 amide bonds. The van der Waals surface area contributed by atoms with E-state index in [-0.39, 0.29) is 23.8 Å². The first-order valence-corrected chi connectivity index (χ1v) is 6.78. The summed E-state index contributed by atoms with van der Waals surface area (Å²) < 4.78 is 14.5. The van der Waals surface area contributed by atoms with Crippen molar-refractivity contribution in [3.05, 3.63) is 70.4 Å². The van der Waals surface area contributed by atoms with Gasteiger partial charge in [-0.05, 0) is 30.7 Å². The zero-order chi connectivity index (χ0) is 15.2. The van der Waals surface area contributed by atoms with E-state index in [1.165, 1.54) is 22.8 Å². The lowest BCUT2D eigenvalue weighted by molar-refractivity contribution is -0.132. The molecule has 0 aliphatic carbocycles. The largest absolute Gasteiger partial charge is 0.337 e. The van der Waals surface area contributed by atoms with Gasteiger partial charge in [0.15, 0.2) is 0 Å². The molecule has 0 bridgehead atoms. The van der Waals surface area contributed by atoms with Crippen LogP contribution < -0.4 is 5.56 Å². The summed E-state index contributed by atoms with van der Waals surface area (Å²) in [5.74, 6) is -0.495. The Hall–Kier alpha value is -2.43. The molecule has 2 aromatic rings. The molecule has 0 radical (unpaired) electrons. The van der Waals surface area contributed by atoms with Gasteiger partial charge >= 0.3 is 0 Å². The second-order valence-corrected chi connectivity index (χ2v) is 4.70. The molecular weight excluding hydrogens is 271 g/mol. The van der Waals surface area contributed by atoms with E-state index in [2.05, 4.69) is 0 Å². The highest BCUT2D eigenvalue weighted by molar-refractivity contribution is 5.76. The van der Waals surface area contributed by atoms with Crippen molar-refractivity contribution in [3.63, 3.8) is 0 Å². The molecule has 0 unspecified atom stereocenters. The molecule has 0 aliphatic heterocycles. The van der Waals surface area contributed by atoms with Crippen molar-refractivity contribution in [1.82, 2.24) is 9.47 Å². The topological polar surface area (TPSA) is 42.3 Å². The van der Waals surface area contributed by atoms with Crippen LogP contribution in [0.1, 0.15) is 12.5 Å². The highest BCUT2D eigenvalue weighted by atomic mass is 19.1. The average molecular weight is 288 g/mol. The quantitative estimate of drug-likeness (QED) is 0.845. The van der Waals surface area contributed by atoms with Gasteiger partial charge in [-0.2, -0.15) is 0 Å². The smallest absolute Gasteiger partial charge is 0.250 e. The number of nitrogens with zero attached hydrogens (tertiary/aromatic N) is 2. The molecule has 0 aliphatic rings. The standard InChI is InChI=1S/C16H17FN2O2/c1-2-18(11-13-6-5-7-14(17)10-13)16(21)12-19-9-4-3-8-15(19)20/h3-10H,2,11-12H2,1H3. The van der Waals surface area contributed by atoms with E-state index in [1.54, 1.807) is 35.4 Å². The Morgan fingerprint density at radius 1 is 1.24 bits per heavy atom. The van der Waals surface area contributed by atoms with E-state index in [0.29, 0.717) is 13.1 Å². The molecule has 4 nitrogen and oxygen atoms in total. The molecule has 0 saturated heterocycles. The van der Waals surface area contributed by atoms with Gasteiger partial charge in [0.1, 0.15) is 12.4 Å².